The van der Waals surface area contributed by atoms with Crippen LogP contribution < -0.4 is 0 Å². The number of halogens is 1. The van der Waals surface area contributed by atoms with E-state index in [1.807, 2.05) is 6.92 Å². The summed E-state index contributed by atoms with van der Waals surface area (Å²) in [7, 11) is -1.58. The predicted molar refractivity (Wildman–Crippen MR) is 63.5 cm³/mol. The molecule has 1 aliphatic rings. The van der Waals surface area contributed by atoms with Crippen LogP contribution in [-0.4, -0.2) is 43.7 Å². The van der Waals surface area contributed by atoms with E-state index in [-0.39, 0.29) is 10.7 Å². The Kier molecular flexibility index (Phi) is 5.02. The van der Waals surface area contributed by atoms with Crippen molar-refractivity contribution in [2.75, 3.05) is 24.9 Å². The first kappa shape index (κ1) is 13.4. The molecule has 1 aliphatic carbocycles. The molecule has 1 rings (SSSR count). The van der Waals surface area contributed by atoms with Gasteiger partial charge >= 0.3 is 0 Å². The maximum atomic E-state index is 11.8. The molecule has 0 aromatic heterocycles. The van der Waals surface area contributed by atoms with Crippen LogP contribution in [0.3, 0.4) is 0 Å². The van der Waals surface area contributed by atoms with Gasteiger partial charge in [-0.05, 0) is 25.7 Å². The molecule has 0 radical (unpaired) electrons. The molecular formula is C9H18BrNO3S. The van der Waals surface area contributed by atoms with Crippen LogP contribution >= 0.6 is 15.9 Å². The van der Waals surface area contributed by atoms with Crippen molar-refractivity contribution in [2.24, 2.45) is 5.92 Å². The third-order valence-electron chi connectivity index (χ3n) is 2.77. The number of methoxy groups -OCH3 is 1. The van der Waals surface area contributed by atoms with E-state index in [9.17, 15) is 8.42 Å². The van der Waals surface area contributed by atoms with Crippen LogP contribution in [0.1, 0.15) is 19.8 Å². The van der Waals surface area contributed by atoms with E-state index in [2.05, 4.69) is 15.9 Å². The zero-order valence-electron chi connectivity index (χ0n) is 9.15. The highest BCUT2D eigenvalue weighted by Crippen LogP contribution is 2.36. The van der Waals surface area contributed by atoms with E-state index in [4.69, 9.17) is 4.74 Å². The minimum Gasteiger partial charge on any atom is -0.383 e. The maximum absolute atomic E-state index is 11.8. The fourth-order valence-corrected chi connectivity index (χ4v) is 3.60. The minimum atomic E-state index is -3.17. The van der Waals surface area contributed by atoms with Crippen molar-refractivity contribution in [1.29, 1.82) is 0 Å². The number of sulfonamides is 1. The number of ether oxygens (including phenoxy) is 1. The zero-order chi connectivity index (χ0) is 11.5. The van der Waals surface area contributed by atoms with Crippen molar-refractivity contribution in [1.82, 2.24) is 4.31 Å². The van der Waals surface area contributed by atoms with E-state index in [1.165, 1.54) is 0 Å². The lowest BCUT2D eigenvalue weighted by Crippen LogP contribution is -2.42. The van der Waals surface area contributed by atoms with Gasteiger partial charge in [0, 0.05) is 19.7 Å². The van der Waals surface area contributed by atoms with Crippen LogP contribution in [0.15, 0.2) is 0 Å². The summed E-state index contributed by atoms with van der Waals surface area (Å²) in [5.41, 5.74) is 0. The maximum Gasteiger partial charge on any atom is 0.224 e. The average molecular weight is 300 g/mol. The van der Waals surface area contributed by atoms with Gasteiger partial charge in [-0.15, -0.1) is 0 Å². The first-order valence-electron chi connectivity index (χ1n) is 5.07. The molecule has 1 atom stereocenters. The Morgan fingerprint density at radius 1 is 1.53 bits per heavy atom. The molecule has 0 aromatic carbocycles. The van der Waals surface area contributed by atoms with Crippen molar-refractivity contribution in [3.8, 4) is 0 Å². The number of nitrogens with zero attached hydrogens (tertiary/aromatic N) is 1. The summed E-state index contributed by atoms with van der Waals surface area (Å²) in [6.45, 7) is 2.87. The van der Waals surface area contributed by atoms with Gasteiger partial charge in [0.15, 0.2) is 0 Å². The molecule has 0 heterocycles. The molecule has 15 heavy (non-hydrogen) atoms. The van der Waals surface area contributed by atoms with E-state index in [1.54, 1.807) is 11.4 Å². The van der Waals surface area contributed by atoms with Gasteiger partial charge in [-0.25, -0.2) is 8.42 Å². The Balaban J connectivity index is 2.67. The molecule has 0 bridgehead atoms. The quantitative estimate of drug-likeness (QED) is 0.668. The fraction of sp³-hybridized carbons (Fsp3) is 1.00. The SMILES string of the molecule is COCCN(C(C)C1CC1)S(=O)(=O)CBr. The molecule has 6 heteroatoms. The summed E-state index contributed by atoms with van der Waals surface area (Å²) in [4.78, 5) is 0. The summed E-state index contributed by atoms with van der Waals surface area (Å²) in [6.07, 6.45) is 2.28. The number of hydrogen-bond acceptors (Lipinski definition) is 3. The zero-order valence-corrected chi connectivity index (χ0v) is 11.6. The highest BCUT2D eigenvalue weighted by Gasteiger charge is 2.36. The van der Waals surface area contributed by atoms with E-state index in [0.29, 0.717) is 19.1 Å². The van der Waals surface area contributed by atoms with Gasteiger partial charge in [-0.3, -0.25) is 0 Å². The number of alkyl halides is 1. The Labute approximate surface area is 100 Å². The average Bonchev–Trinajstić information content (AvgIpc) is 3.01. The lowest BCUT2D eigenvalue weighted by molar-refractivity contribution is 0.164. The van der Waals surface area contributed by atoms with Crippen LogP contribution in [0.4, 0.5) is 0 Å². The summed E-state index contributed by atoms with van der Waals surface area (Å²) in [5, 5.41) is 0. The van der Waals surface area contributed by atoms with Gasteiger partial charge in [0.05, 0.1) is 6.61 Å². The summed E-state index contributed by atoms with van der Waals surface area (Å²) < 4.78 is 30.1. The molecule has 4 nitrogen and oxygen atoms in total. The van der Waals surface area contributed by atoms with Crippen LogP contribution in [0.25, 0.3) is 0 Å². The lowest BCUT2D eigenvalue weighted by Gasteiger charge is -2.27. The molecule has 1 saturated carbocycles. The topological polar surface area (TPSA) is 46.6 Å². The first-order chi connectivity index (χ1) is 7.03. The van der Waals surface area contributed by atoms with Crippen molar-refractivity contribution < 1.29 is 13.2 Å². The van der Waals surface area contributed by atoms with Crippen molar-refractivity contribution >= 4 is 26.0 Å². The van der Waals surface area contributed by atoms with E-state index >= 15 is 0 Å². The van der Waals surface area contributed by atoms with Crippen molar-refractivity contribution in [3.05, 3.63) is 0 Å². The molecule has 0 spiro atoms. The van der Waals surface area contributed by atoms with Crippen molar-refractivity contribution in [2.45, 2.75) is 25.8 Å². The van der Waals surface area contributed by atoms with Gasteiger partial charge in [0.2, 0.25) is 10.0 Å². The van der Waals surface area contributed by atoms with E-state index in [0.717, 1.165) is 12.8 Å². The lowest BCUT2D eigenvalue weighted by atomic mass is 10.2. The standard InChI is InChI=1S/C9H18BrNO3S/c1-8(9-3-4-9)11(5-6-14-2)15(12,13)7-10/h8-9H,3-7H2,1-2H3. The first-order valence-corrected chi connectivity index (χ1v) is 7.80. The molecule has 1 unspecified atom stereocenters. The molecule has 0 N–H and O–H groups in total. The Morgan fingerprint density at radius 2 is 2.13 bits per heavy atom. The normalized spacial score (nSPS) is 19.5. The Bertz CT molecular complexity index is 290. The molecule has 0 amide bonds. The largest absolute Gasteiger partial charge is 0.383 e. The van der Waals surface area contributed by atoms with Crippen LogP contribution in [0, 0.1) is 5.92 Å². The Morgan fingerprint density at radius 3 is 2.53 bits per heavy atom. The van der Waals surface area contributed by atoms with Gasteiger partial charge < -0.3 is 4.74 Å². The van der Waals surface area contributed by atoms with Crippen LogP contribution in [0.2, 0.25) is 0 Å². The smallest absolute Gasteiger partial charge is 0.224 e. The molecule has 90 valence electrons. The molecule has 0 saturated heterocycles. The molecule has 1 fully saturated rings. The predicted octanol–water partition coefficient (Wildman–Crippen LogP) is 1.42. The van der Waals surface area contributed by atoms with Gasteiger partial charge in [-0.2, -0.15) is 4.31 Å². The van der Waals surface area contributed by atoms with Crippen LogP contribution in [-0.2, 0) is 14.8 Å². The summed E-state index contributed by atoms with van der Waals surface area (Å²) in [5.74, 6) is 0.538. The Hall–Kier alpha value is 0.350. The second-order valence-electron chi connectivity index (χ2n) is 3.90. The second kappa shape index (κ2) is 5.61. The summed E-state index contributed by atoms with van der Waals surface area (Å²) in [6, 6.07) is 0.0997. The number of rotatable bonds is 7. The monoisotopic (exact) mass is 299 g/mol. The van der Waals surface area contributed by atoms with Gasteiger partial charge in [0.25, 0.3) is 0 Å². The van der Waals surface area contributed by atoms with Gasteiger partial charge in [-0.1, -0.05) is 15.9 Å². The third-order valence-corrected chi connectivity index (χ3v) is 6.01. The third kappa shape index (κ3) is 3.69. The molecule has 0 aromatic rings. The number of hydrogen-bond donors (Lipinski definition) is 0. The minimum absolute atomic E-state index is 0.0131. The molecule has 0 aliphatic heterocycles. The molecular weight excluding hydrogens is 282 g/mol. The highest BCUT2D eigenvalue weighted by atomic mass is 79.9. The fourth-order valence-electron chi connectivity index (χ4n) is 1.65. The van der Waals surface area contributed by atoms with Crippen molar-refractivity contribution in [3.63, 3.8) is 0 Å². The van der Waals surface area contributed by atoms with E-state index < -0.39 is 10.0 Å². The highest BCUT2D eigenvalue weighted by molar-refractivity contribution is 9.10. The van der Waals surface area contributed by atoms with Gasteiger partial charge in [0.1, 0.15) is 4.66 Å². The summed E-state index contributed by atoms with van der Waals surface area (Å²) >= 11 is 3.03. The van der Waals surface area contributed by atoms with Crippen LogP contribution in [0.5, 0.6) is 0 Å². The second-order valence-corrected chi connectivity index (χ2v) is 7.13.